The summed E-state index contributed by atoms with van der Waals surface area (Å²) in [4.78, 5) is 37.8. The minimum absolute atomic E-state index is 0.0635. The van der Waals surface area contributed by atoms with Gasteiger partial charge in [-0.25, -0.2) is 0 Å². The molecule has 0 radical (unpaired) electrons. The average molecular weight is 807 g/mol. The van der Waals surface area contributed by atoms with Crippen molar-refractivity contribution in [1.82, 2.24) is 0 Å². The van der Waals surface area contributed by atoms with Crippen molar-refractivity contribution in [1.29, 1.82) is 0 Å². The van der Waals surface area contributed by atoms with E-state index in [1.165, 1.54) is 180 Å². The lowest BCUT2D eigenvalue weighted by molar-refractivity contribution is -0.167. The summed E-state index contributed by atoms with van der Waals surface area (Å²) < 4.78 is 16.8. The molecule has 0 unspecified atom stereocenters. The molecule has 6 nitrogen and oxygen atoms in total. The molecule has 0 spiro atoms. The van der Waals surface area contributed by atoms with Crippen LogP contribution in [0.5, 0.6) is 0 Å². The number of ether oxygens (including phenoxy) is 3. The standard InChI is InChI=1S/C51H98O6/c1-5-7-9-11-13-15-17-18-19-20-21-22-23-24-26-31-35-39-43-50(53)56-46-48(45-55-49(52)42-38-34-30-25-16-14-12-10-8-6-2)57-51(54)44-40-36-32-28-27-29-33-37-41-47(3)4/h47-48H,5-46H2,1-4H3/t48-/m1/s1. The molecule has 0 saturated carbocycles. The monoisotopic (exact) mass is 807 g/mol. The first kappa shape index (κ1) is 55.4. The van der Waals surface area contributed by atoms with Crippen LogP contribution in [0.3, 0.4) is 0 Å². The van der Waals surface area contributed by atoms with Crippen LogP contribution in [0.1, 0.15) is 285 Å². The smallest absolute Gasteiger partial charge is 0.306 e. The molecule has 0 amide bonds. The molecule has 0 aromatic rings. The normalized spacial score (nSPS) is 11.9. The van der Waals surface area contributed by atoms with Gasteiger partial charge in [0.15, 0.2) is 6.10 Å². The van der Waals surface area contributed by atoms with Crippen LogP contribution in [0.15, 0.2) is 0 Å². The van der Waals surface area contributed by atoms with Gasteiger partial charge in [-0.15, -0.1) is 0 Å². The zero-order valence-corrected chi connectivity index (χ0v) is 38.8. The maximum absolute atomic E-state index is 12.7. The van der Waals surface area contributed by atoms with E-state index in [1.807, 2.05) is 0 Å². The molecule has 0 saturated heterocycles. The number of unbranched alkanes of at least 4 members (excludes halogenated alkanes) is 33. The van der Waals surface area contributed by atoms with Crippen LogP contribution in [0, 0.1) is 5.92 Å². The van der Waals surface area contributed by atoms with Gasteiger partial charge in [0.1, 0.15) is 13.2 Å². The average Bonchev–Trinajstić information content (AvgIpc) is 3.19. The van der Waals surface area contributed by atoms with Gasteiger partial charge in [-0.05, 0) is 25.2 Å². The van der Waals surface area contributed by atoms with Crippen LogP contribution in [-0.2, 0) is 28.6 Å². The highest BCUT2D eigenvalue weighted by Gasteiger charge is 2.19. The molecule has 0 fully saturated rings. The Balaban J connectivity index is 4.23. The quantitative estimate of drug-likeness (QED) is 0.0346. The molecule has 0 N–H and O–H groups in total. The van der Waals surface area contributed by atoms with Crippen molar-refractivity contribution in [3.63, 3.8) is 0 Å². The summed E-state index contributed by atoms with van der Waals surface area (Å²) in [5.74, 6) is -0.0569. The molecule has 0 aliphatic heterocycles. The maximum Gasteiger partial charge on any atom is 0.306 e. The third-order valence-electron chi connectivity index (χ3n) is 11.5. The number of rotatable bonds is 46. The number of carbonyl (C=O) groups is 3. The number of hydrogen-bond donors (Lipinski definition) is 0. The second-order valence-corrected chi connectivity index (χ2v) is 17.9. The summed E-state index contributed by atoms with van der Waals surface area (Å²) in [6.45, 7) is 8.98. The fourth-order valence-electron chi connectivity index (χ4n) is 7.69. The van der Waals surface area contributed by atoms with Crippen LogP contribution in [0.2, 0.25) is 0 Å². The lowest BCUT2D eigenvalue weighted by atomic mass is 10.0. The summed E-state index contributed by atoms with van der Waals surface area (Å²) in [5, 5.41) is 0. The minimum atomic E-state index is -0.760. The summed E-state index contributed by atoms with van der Waals surface area (Å²) in [7, 11) is 0. The minimum Gasteiger partial charge on any atom is -0.462 e. The van der Waals surface area contributed by atoms with E-state index in [0.29, 0.717) is 19.3 Å². The van der Waals surface area contributed by atoms with Gasteiger partial charge < -0.3 is 14.2 Å². The van der Waals surface area contributed by atoms with Crippen LogP contribution in [0.4, 0.5) is 0 Å². The molecule has 0 aliphatic rings. The van der Waals surface area contributed by atoms with Gasteiger partial charge in [-0.1, -0.05) is 246 Å². The molecular weight excluding hydrogens is 709 g/mol. The van der Waals surface area contributed by atoms with Gasteiger partial charge in [0.05, 0.1) is 0 Å². The first-order valence-corrected chi connectivity index (χ1v) is 25.4. The Morgan fingerprint density at radius 1 is 0.333 bits per heavy atom. The maximum atomic E-state index is 12.7. The van der Waals surface area contributed by atoms with Gasteiger partial charge in [0.25, 0.3) is 0 Å². The van der Waals surface area contributed by atoms with E-state index in [0.717, 1.165) is 63.7 Å². The van der Waals surface area contributed by atoms with Gasteiger partial charge >= 0.3 is 17.9 Å². The van der Waals surface area contributed by atoms with E-state index in [9.17, 15) is 14.4 Å². The Hall–Kier alpha value is -1.59. The van der Waals surface area contributed by atoms with Crippen LogP contribution >= 0.6 is 0 Å². The Labute approximate surface area is 355 Å². The van der Waals surface area contributed by atoms with Gasteiger partial charge in [-0.2, -0.15) is 0 Å². The molecule has 0 bridgehead atoms. The van der Waals surface area contributed by atoms with Crippen molar-refractivity contribution in [2.75, 3.05) is 13.2 Å². The second-order valence-electron chi connectivity index (χ2n) is 17.9. The van der Waals surface area contributed by atoms with Crippen LogP contribution in [0.25, 0.3) is 0 Å². The van der Waals surface area contributed by atoms with E-state index in [1.54, 1.807) is 0 Å². The Morgan fingerprint density at radius 3 is 0.860 bits per heavy atom. The third kappa shape index (κ3) is 45.3. The van der Waals surface area contributed by atoms with Crippen molar-refractivity contribution in [3.05, 3.63) is 0 Å². The highest BCUT2D eigenvalue weighted by Crippen LogP contribution is 2.17. The lowest BCUT2D eigenvalue weighted by Gasteiger charge is -2.18. The first-order chi connectivity index (χ1) is 27.9. The predicted octanol–water partition coefficient (Wildman–Crippen LogP) is 16.3. The number of carbonyl (C=O) groups excluding carboxylic acids is 3. The predicted molar refractivity (Wildman–Crippen MR) is 243 cm³/mol. The SMILES string of the molecule is CCCCCCCCCCCCCCCCCCCCC(=O)OC[C@@H](COC(=O)CCCCCCCCCCCC)OC(=O)CCCCCCCCCCC(C)C. The third-order valence-corrected chi connectivity index (χ3v) is 11.5. The van der Waals surface area contributed by atoms with Crippen molar-refractivity contribution >= 4 is 17.9 Å². The van der Waals surface area contributed by atoms with E-state index in [4.69, 9.17) is 14.2 Å². The van der Waals surface area contributed by atoms with Gasteiger partial charge in [-0.3, -0.25) is 14.4 Å². The molecule has 1 atom stereocenters. The molecule has 57 heavy (non-hydrogen) atoms. The zero-order chi connectivity index (χ0) is 41.7. The fourth-order valence-corrected chi connectivity index (χ4v) is 7.69. The molecule has 338 valence electrons. The fraction of sp³-hybridized carbons (Fsp3) is 0.941. The molecular formula is C51H98O6. The highest BCUT2D eigenvalue weighted by atomic mass is 16.6. The van der Waals surface area contributed by atoms with Crippen molar-refractivity contribution in [2.24, 2.45) is 5.92 Å². The van der Waals surface area contributed by atoms with E-state index in [2.05, 4.69) is 27.7 Å². The molecule has 0 aromatic carbocycles. The summed E-state index contributed by atoms with van der Waals surface area (Å²) in [6, 6.07) is 0. The molecule has 0 aliphatic carbocycles. The number of esters is 3. The molecule has 0 rings (SSSR count). The lowest BCUT2D eigenvalue weighted by Crippen LogP contribution is -2.30. The van der Waals surface area contributed by atoms with Crippen molar-refractivity contribution in [2.45, 2.75) is 291 Å². The highest BCUT2D eigenvalue weighted by molar-refractivity contribution is 5.71. The molecule has 6 heteroatoms. The topological polar surface area (TPSA) is 78.9 Å². The van der Waals surface area contributed by atoms with E-state index < -0.39 is 6.10 Å². The van der Waals surface area contributed by atoms with E-state index in [-0.39, 0.29) is 31.1 Å². The van der Waals surface area contributed by atoms with Crippen LogP contribution < -0.4 is 0 Å². The summed E-state index contributed by atoms with van der Waals surface area (Å²) in [5.41, 5.74) is 0. The Kier molecular flexibility index (Phi) is 44.2. The summed E-state index contributed by atoms with van der Waals surface area (Å²) in [6.07, 6.45) is 46.7. The number of hydrogen-bond acceptors (Lipinski definition) is 6. The zero-order valence-electron chi connectivity index (χ0n) is 38.8. The second kappa shape index (κ2) is 45.5. The molecule has 0 heterocycles. The van der Waals surface area contributed by atoms with Crippen molar-refractivity contribution in [3.8, 4) is 0 Å². The van der Waals surface area contributed by atoms with Gasteiger partial charge in [0, 0.05) is 19.3 Å². The van der Waals surface area contributed by atoms with Crippen LogP contribution in [-0.4, -0.2) is 37.2 Å². The Morgan fingerprint density at radius 2 is 0.579 bits per heavy atom. The van der Waals surface area contributed by atoms with Gasteiger partial charge in [0.2, 0.25) is 0 Å². The van der Waals surface area contributed by atoms with Crippen molar-refractivity contribution < 1.29 is 28.6 Å². The molecule has 0 aromatic heterocycles. The largest absolute Gasteiger partial charge is 0.462 e. The Bertz CT molecular complexity index is 857. The van der Waals surface area contributed by atoms with E-state index >= 15 is 0 Å². The first-order valence-electron chi connectivity index (χ1n) is 25.4. The summed E-state index contributed by atoms with van der Waals surface area (Å²) >= 11 is 0.